The Morgan fingerprint density at radius 3 is 2.17 bits per heavy atom. The van der Waals surface area contributed by atoms with E-state index in [1.807, 2.05) is 49.4 Å². The van der Waals surface area contributed by atoms with Crippen LogP contribution in [0.15, 0.2) is 114 Å². The molecule has 0 aliphatic heterocycles. The first-order chi connectivity index (χ1) is 22.8. The van der Waals surface area contributed by atoms with Gasteiger partial charge in [-0.25, -0.2) is 8.42 Å². The summed E-state index contributed by atoms with van der Waals surface area (Å²) >= 11 is 0. The maximum absolute atomic E-state index is 14.7. The van der Waals surface area contributed by atoms with E-state index in [2.05, 4.69) is 5.32 Å². The largest absolute Gasteiger partial charge is 0.497 e. The van der Waals surface area contributed by atoms with Crippen LogP contribution < -0.4 is 19.1 Å². The maximum Gasteiger partial charge on any atom is 0.264 e. The molecule has 0 unspecified atom stereocenters. The fourth-order valence-corrected chi connectivity index (χ4v) is 6.65. The van der Waals surface area contributed by atoms with E-state index in [0.717, 1.165) is 28.3 Å². The molecule has 10 heteroatoms. The Morgan fingerprint density at radius 1 is 0.830 bits per heavy atom. The fraction of sp³-hybridized carbons (Fsp3) is 0.297. The van der Waals surface area contributed by atoms with Crippen molar-refractivity contribution in [1.29, 1.82) is 0 Å². The molecule has 248 valence electrons. The maximum atomic E-state index is 14.7. The Balaban J connectivity index is 1.83. The summed E-state index contributed by atoms with van der Waals surface area (Å²) < 4.78 is 40.9. The lowest BCUT2D eigenvalue weighted by atomic mass is 10.0. The highest BCUT2D eigenvalue weighted by molar-refractivity contribution is 7.92. The molecule has 0 bridgehead atoms. The number of hydrogen-bond donors (Lipinski definition) is 1. The van der Waals surface area contributed by atoms with E-state index in [-0.39, 0.29) is 29.5 Å². The Hall–Kier alpha value is -4.83. The summed E-state index contributed by atoms with van der Waals surface area (Å²) in [5.41, 5.74) is 1.81. The number of methoxy groups -OCH3 is 1. The van der Waals surface area contributed by atoms with Gasteiger partial charge in [0.05, 0.1) is 24.3 Å². The molecular weight excluding hydrogens is 614 g/mol. The van der Waals surface area contributed by atoms with Gasteiger partial charge in [0, 0.05) is 19.5 Å². The quantitative estimate of drug-likeness (QED) is 0.143. The Bertz CT molecular complexity index is 1700. The highest BCUT2D eigenvalue weighted by Crippen LogP contribution is 2.33. The highest BCUT2D eigenvalue weighted by Gasteiger charge is 2.35. The number of ether oxygens (including phenoxy) is 2. The van der Waals surface area contributed by atoms with Gasteiger partial charge in [-0.05, 0) is 60.9 Å². The third-order valence-corrected chi connectivity index (χ3v) is 9.41. The van der Waals surface area contributed by atoms with E-state index in [9.17, 15) is 18.0 Å². The van der Waals surface area contributed by atoms with Gasteiger partial charge >= 0.3 is 0 Å². The lowest BCUT2D eigenvalue weighted by molar-refractivity contribution is -0.140. The average Bonchev–Trinajstić information content (AvgIpc) is 3.10. The number of carbonyl (C=O) groups excluding carboxylic acids is 2. The molecule has 0 aromatic heterocycles. The van der Waals surface area contributed by atoms with E-state index in [4.69, 9.17) is 9.47 Å². The van der Waals surface area contributed by atoms with E-state index < -0.39 is 28.5 Å². The number of anilines is 1. The van der Waals surface area contributed by atoms with Crippen LogP contribution in [0.4, 0.5) is 5.69 Å². The van der Waals surface area contributed by atoms with Gasteiger partial charge < -0.3 is 19.7 Å². The van der Waals surface area contributed by atoms with Crippen LogP contribution in [0.5, 0.6) is 11.5 Å². The molecule has 4 aromatic carbocycles. The van der Waals surface area contributed by atoms with Crippen LogP contribution in [0.2, 0.25) is 0 Å². The predicted octanol–water partition coefficient (Wildman–Crippen LogP) is 5.85. The van der Waals surface area contributed by atoms with Gasteiger partial charge in [-0.3, -0.25) is 13.9 Å². The van der Waals surface area contributed by atoms with E-state index >= 15 is 0 Å². The smallest absolute Gasteiger partial charge is 0.264 e. The van der Waals surface area contributed by atoms with Crippen molar-refractivity contribution in [3.05, 3.63) is 120 Å². The number of hydrogen-bond acceptors (Lipinski definition) is 6. The summed E-state index contributed by atoms with van der Waals surface area (Å²) in [6.07, 6.45) is 1.90. The standard InChI is InChI=1S/C37H43N3O6S/c1-4-6-24-38-37(42)34(26-29-16-9-7-10-17-29)39(27-30-18-15-19-31(25-30)45-3)36(41)28-40(33-22-13-14-23-35(33)46-5-2)47(43,44)32-20-11-8-12-21-32/h7-23,25,34H,4-6,24,26-28H2,1-3H3,(H,38,42)/t34-/m0/s1. The van der Waals surface area contributed by atoms with Crippen molar-refractivity contribution in [2.75, 3.05) is 31.1 Å². The van der Waals surface area contributed by atoms with Gasteiger partial charge in [-0.2, -0.15) is 0 Å². The third kappa shape index (κ3) is 9.36. The van der Waals surface area contributed by atoms with Crippen molar-refractivity contribution < 1.29 is 27.5 Å². The Kier molecular flexibility index (Phi) is 12.8. The number of nitrogens with one attached hydrogen (secondary N) is 1. The topological polar surface area (TPSA) is 105 Å². The van der Waals surface area contributed by atoms with Crippen molar-refractivity contribution in [3.63, 3.8) is 0 Å². The van der Waals surface area contributed by atoms with E-state index in [0.29, 0.717) is 24.7 Å². The molecule has 0 saturated carbocycles. The third-order valence-electron chi connectivity index (χ3n) is 7.63. The van der Waals surface area contributed by atoms with Crippen LogP contribution in [0.25, 0.3) is 0 Å². The molecular formula is C37H43N3O6S. The minimum Gasteiger partial charge on any atom is -0.497 e. The van der Waals surface area contributed by atoms with Crippen molar-refractivity contribution in [3.8, 4) is 11.5 Å². The van der Waals surface area contributed by atoms with Gasteiger partial charge in [0.2, 0.25) is 11.8 Å². The summed E-state index contributed by atoms with van der Waals surface area (Å²) in [7, 11) is -2.69. The summed E-state index contributed by atoms with van der Waals surface area (Å²) in [5.74, 6) is 0.0524. The second-order valence-electron chi connectivity index (χ2n) is 10.9. The SMILES string of the molecule is CCCCNC(=O)[C@H](Cc1ccccc1)N(Cc1cccc(OC)c1)C(=O)CN(c1ccccc1OCC)S(=O)(=O)c1ccccc1. The minimum atomic E-state index is -4.24. The molecule has 2 amide bonds. The summed E-state index contributed by atoms with van der Waals surface area (Å²) in [5, 5.41) is 3.01. The second kappa shape index (κ2) is 17.2. The van der Waals surface area contributed by atoms with E-state index in [1.54, 1.807) is 68.6 Å². The van der Waals surface area contributed by atoms with Crippen molar-refractivity contribution in [2.45, 2.75) is 50.6 Å². The van der Waals surface area contributed by atoms with Crippen molar-refractivity contribution in [2.24, 2.45) is 0 Å². The lowest BCUT2D eigenvalue weighted by Gasteiger charge is -2.34. The van der Waals surface area contributed by atoms with Gasteiger partial charge in [-0.1, -0.05) is 86.1 Å². The molecule has 0 fully saturated rings. The molecule has 0 saturated heterocycles. The fourth-order valence-electron chi connectivity index (χ4n) is 5.20. The summed E-state index contributed by atoms with van der Waals surface area (Å²) in [4.78, 5) is 30.1. The first kappa shape index (κ1) is 35.0. The summed E-state index contributed by atoms with van der Waals surface area (Å²) in [6.45, 7) is 4.06. The average molecular weight is 658 g/mol. The molecule has 47 heavy (non-hydrogen) atoms. The first-order valence-electron chi connectivity index (χ1n) is 15.8. The van der Waals surface area contributed by atoms with Crippen LogP contribution in [-0.2, 0) is 32.6 Å². The number of benzene rings is 4. The van der Waals surface area contributed by atoms with Crippen molar-refractivity contribution >= 4 is 27.5 Å². The molecule has 1 N–H and O–H groups in total. The predicted molar refractivity (Wildman–Crippen MR) is 184 cm³/mol. The Labute approximate surface area is 278 Å². The molecule has 9 nitrogen and oxygen atoms in total. The molecule has 4 aromatic rings. The number of sulfonamides is 1. The highest BCUT2D eigenvalue weighted by atomic mass is 32.2. The molecule has 1 atom stereocenters. The molecule has 0 aliphatic rings. The molecule has 0 aliphatic carbocycles. The zero-order valence-corrected chi connectivity index (χ0v) is 28.0. The number of unbranched alkanes of at least 4 members (excludes halogenated alkanes) is 1. The molecule has 0 spiro atoms. The summed E-state index contributed by atoms with van der Waals surface area (Å²) in [6, 6.07) is 30.5. The number of carbonyl (C=O) groups is 2. The number of para-hydroxylation sites is 2. The molecule has 0 radical (unpaired) electrons. The first-order valence-corrected chi connectivity index (χ1v) is 17.3. The van der Waals surface area contributed by atoms with Gasteiger partial charge in [0.25, 0.3) is 10.0 Å². The minimum absolute atomic E-state index is 0.0246. The molecule has 4 rings (SSSR count). The van der Waals surface area contributed by atoms with Gasteiger partial charge in [-0.15, -0.1) is 0 Å². The molecule has 0 heterocycles. The van der Waals surface area contributed by atoms with Gasteiger partial charge in [0.15, 0.2) is 0 Å². The number of amides is 2. The monoisotopic (exact) mass is 657 g/mol. The lowest BCUT2D eigenvalue weighted by Crippen LogP contribution is -2.53. The number of nitrogens with zero attached hydrogens (tertiary/aromatic N) is 2. The second-order valence-corrected chi connectivity index (χ2v) is 12.8. The van der Waals surface area contributed by atoms with Crippen LogP contribution in [-0.4, -0.2) is 58.0 Å². The number of rotatable bonds is 17. The van der Waals surface area contributed by atoms with Crippen molar-refractivity contribution in [1.82, 2.24) is 10.2 Å². The zero-order valence-electron chi connectivity index (χ0n) is 27.2. The zero-order chi connectivity index (χ0) is 33.6. The van der Waals surface area contributed by atoms with Crippen LogP contribution >= 0.6 is 0 Å². The normalized spacial score (nSPS) is 11.7. The van der Waals surface area contributed by atoms with Crippen LogP contribution in [0.1, 0.15) is 37.8 Å². The van der Waals surface area contributed by atoms with Crippen LogP contribution in [0.3, 0.4) is 0 Å². The van der Waals surface area contributed by atoms with E-state index in [1.165, 1.54) is 17.0 Å². The van der Waals surface area contributed by atoms with Gasteiger partial charge in [0.1, 0.15) is 24.1 Å². The Morgan fingerprint density at radius 2 is 1.49 bits per heavy atom. The van der Waals surface area contributed by atoms with Crippen LogP contribution in [0, 0.1) is 0 Å².